The third-order valence-electron chi connectivity index (χ3n) is 8.63. The van der Waals surface area contributed by atoms with Crippen LogP contribution in [0, 0.1) is 11.3 Å². The maximum absolute atomic E-state index is 13.2. The van der Waals surface area contributed by atoms with Crippen molar-refractivity contribution >= 4 is 17.4 Å². The fourth-order valence-electron chi connectivity index (χ4n) is 6.59. The molecule has 2 aromatic heterocycles. The van der Waals surface area contributed by atoms with Crippen LogP contribution in [0.2, 0.25) is 0 Å². The molecule has 2 atom stereocenters. The molecule has 1 saturated heterocycles. The zero-order chi connectivity index (χ0) is 25.7. The van der Waals surface area contributed by atoms with E-state index in [4.69, 9.17) is 14.8 Å². The molecule has 2 fully saturated rings. The highest BCUT2D eigenvalue weighted by atomic mass is 19.4. The number of carbonyl (C=O) groups is 1. The van der Waals surface area contributed by atoms with E-state index in [-0.39, 0.29) is 24.7 Å². The molecule has 1 saturated carbocycles. The second-order valence-corrected chi connectivity index (χ2v) is 11.3. The van der Waals surface area contributed by atoms with Crippen molar-refractivity contribution in [1.29, 1.82) is 0 Å². The Bertz CT molecular complexity index is 1120. The fraction of sp³-hybridized carbons (Fsp3) is 0.741. The monoisotopic (exact) mass is 506 g/mol. The van der Waals surface area contributed by atoms with Crippen molar-refractivity contribution in [2.45, 2.75) is 96.6 Å². The summed E-state index contributed by atoms with van der Waals surface area (Å²) in [6.07, 6.45) is 1.88. The maximum atomic E-state index is 13.2. The van der Waals surface area contributed by atoms with Crippen LogP contribution in [-0.2, 0) is 16.0 Å². The van der Waals surface area contributed by atoms with E-state index in [0.29, 0.717) is 31.9 Å². The molecule has 2 aliphatic carbocycles. The van der Waals surface area contributed by atoms with Crippen LogP contribution in [0.4, 0.5) is 19.0 Å². The van der Waals surface area contributed by atoms with Gasteiger partial charge in [-0.25, -0.2) is 4.98 Å². The predicted molar refractivity (Wildman–Crippen MR) is 131 cm³/mol. The number of hydrogen-bond acceptors (Lipinski definition) is 5. The SMILES string of the molecule is CCOC(=O)[C@]1(C)CCCN(c2c3c(nc4cc(C5CCC(C(F)(F)F)CC5)nn24)CCC[C@@H]3C)C1. The van der Waals surface area contributed by atoms with Gasteiger partial charge in [-0.1, -0.05) is 6.92 Å². The van der Waals surface area contributed by atoms with Crippen LogP contribution >= 0.6 is 0 Å². The summed E-state index contributed by atoms with van der Waals surface area (Å²) in [5.74, 6) is -0.0243. The van der Waals surface area contributed by atoms with E-state index in [2.05, 4.69) is 11.8 Å². The molecule has 0 N–H and O–H groups in total. The number of esters is 1. The molecule has 9 heteroatoms. The molecule has 0 bridgehead atoms. The first kappa shape index (κ1) is 25.3. The lowest BCUT2D eigenvalue weighted by Crippen LogP contribution is -2.48. The molecule has 198 valence electrons. The van der Waals surface area contributed by atoms with E-state index in [1.54, 1.807) is 0 Å². The van der Waals surface area contributed by atoms with Gasteiger partial charge >= 0.3 is 12.1 Å². The van der Waals surface area contributed by atoms with Crippen molar-refractivity contribution in [3.63, 3.8) is 0 Å². The lowest BCUT2D eigenvalue weighted by atomic mass is 9.80. The van der Waals surface area contributed by atoms with E-state index < -0.39 is 17.5 Å². The molecule has 3 heterocycles. The highest BCUT2D eigenvalue weighted by Crippen LogP contribution is 2.44. The third-order valence-corrected chi connectivity index (χ3v) is 8.63. The van der Waals surface area contributed by atoms with E-state index >= 15 is 0 Å². The number of ether oxygens (including phenoxy) is 1. The molecule has 0 radical (unpaired) electrons. The van der Waals surface area contributed by atoms with Crippen molar-refractivity contribution in [3.05, 3.63) is 23.0 Å². The van der Waals surface area contributed by atoms with Gasteiger partial charge in [-0.3, -0.25) is 4.79 Å². The van der Waals surface area contributed by atoms with Gasteiger partial charge in [-0.05, 0) is 77.6 Å². The first-order chi connectivity index (χ1) is 17.1. The number of piperidine rings is 1. The first-order valence-corrected chi connectivity index (χ1v) is 13.5. The van der Waals surface area contributed by atoms with E-state index in [1.165, 1.54) is 5.56 Å². The predicted octanol–water partition coefficient (Wildman–Crippen LogP) is 6.17. The molecule has 1 aliphatic heterocycles. The Kier molecular flexibility index (Phi) is 6.70. The van der Waals surface area contributed by atoms with Crippen LogP contribution in [-0.4, -0.2) is 46.4 Å². The fourth-order valence-corrected chi connectivity index (χ4v) is 6.59. The summed E-state index contributed by atoms with van der Waals surface area (Å²) in [5.41, 5.74) is 3.29. The number of hydrogen-bond donors (Lipinski definition) is 0. The number of carbonyl (C=O) groups excluding carboxylic acids is 1. The van der Waals surface area contributed by atoms with Gasteiger partial charge < -0.3 is 9.64 Å². The minimum atomic E-state index is -4.12. The second-order valence-electron chi connectivity index (χ2n) is 11.3. The Morgan fingerprint density at radius 2 is 1.94 bits per heavy atom. The summed E-state index contributed by atoms with van der Waals surface area (Å²) in [4.78, 5) is 20.1. The van der Waals surface area contributed by atoms with Gasteiger partial charge in [0.2, 0.25) is 0 Å². The Morgan fingerprint density at radius 3 is 2.64 bits per heavy atom. The van der Waals surface area contributed by atoms with E-state index in [1.807, 2.05) is 24.4 Å². The number of halogens is 3. The number of aromatic nitrogens is 3. The van der Waals surface area contributed by atoms with Crippen molar-refractivity contribution in [1.82, 2.24) is 14.6 Å². The summed E-state index contributed by atoms with van der Waals surface area (Å²) in [5, 5.41) is 4.99. The topological polar surface area (TPSA) is 59.7 Å². The highest BCUT2D eigenvalue weighted by molar-refractivity contribution is 5.78. The minimum Gasteiger partial charge on any atom is -0.466 e. The van der Waals surface area contributed by atoms with Gasteiger partial charge in [0.25, 0.3) is 0 Å². The first-order valence-electron chi connectivity index (χ1n) is 13.5. The number of alkyl halides is 3. The van der Waals surface area contributed by atoms with Crippen molar-refractivity contribution in [2.75, 3.05) is 24.6 Å². The molecule has 3 aliphatic rings. The lowest BCUT2D eigenvalue weighted by molar-refractivity contribution is -0.182. The Labute approximate surface area is 210 Å². The van der Waals surface area contributed by atoms with Gasteiger partial charge in [0.15, 0.2) is 5.65 Å². The van der Waals surface area contributed by atoms with E-state index in [9.17, 15) is 18.0 Å². The van der Waals surface area contributed by atoms with Crippen molar-refractivity contribution < 1.29 is 22.7 Å². The molecular formula is C27H37F3N4O2. The van der Waals surface area contributed by atoms with Gasteiger partial charge in [0, 0.05) is 30.6 Å². The third kappa shape index (κ3) is 4.58. The summed E-state index contributed by atoms with van der Waals surface area (Å²) in [6, 6.07) is 1.98. The van der Waals surface area contributed by atoms with Crippen LogP contribution in [0.1, 0.15) is 101 Å². The lowest BCUT2D eigenvalue weighted by Gasteiger charge is -2.41. The molecule has 2 aromatic rings. The van der Waals surface area contributed by atoms with Gasteiger partial charge in [0.1, 0.15) is 5.82 Å². The number of aryl methyl sites for hydroxylation is 1. The number of anilines is 1. The zero-order valence-electron chi connectivity index (χ0n) is 21.5. The maximum Gasteiger partial charge on any atom is 0.391 e. The van der Waals surface area contributed by atoms with Crippen LogP contribution < -0.4 is 4.90 Å². The zero-order valence-corrected chi connectivity index (χ0v) is 21.5. The highest BCUT2D eigenvalue weighted by Gasteiger charge is 2.43. The minimum absolute atomic E-state index is 0.0127. The number of rotatable bonds is 4. The summed E-state index contributed by atoms with van der Waals surface area (Å²) in [7, 11) is 0. The Morgan fingerprint density at radius 1 is 1.19 bits per heavy atom. The Balaban J connectivity index is 1.53. The summed E-state index contributed by atoms with van der Waals surface area (Å²) < 4.78 is 47.0. The summed E-state index contributed by atoms with van der Waals surface area (Å²) >= 11 is 0. The van der Waals surface area contributed by atoms with Crippen LogP contribution in [0.5, 0.6) is 0 Å². The molecule has 5 rings (SSSR count). The number of fused-ring (bicyclic) bond motifs is 2. The smallest absolute Gasteiger partial charge is 0.391 e. The van der Waals surface area contributed by atoms with Gasteiger partial charge in [0.05, 0.1) is 29.3 Å². The van der Waals surface area contributed by atoms with E-state index in [0.717, 1.165) is 61.5 Å². The van der Waals surface area contributed by atoms with Crippen molar-refractivity contribution in [2.24, 2.45) is 11.3 Å². The Hall–Kier alpha value is -2.32. The van der Waals surface area contributed by atoms with Gasteiger partial charge in [-0.2, -0.15) is 22.8 Å². The average Bonchev–Trinajstić information content (AvgIpc) is 3.26. The normalized spacial score (nSPS) is 29.3. The quantitative estimate of drug-likeness (QED) is 0.464. The summed E-state index contributed by atoms with van der Waals surface area (Å²) in [6.45, 7) is 7.78. The van der Waals surface area contributed by atoms with Crippen LogP contribution in [0.3, 0.4) is 0 Å². The van der Waals surface area contributed by atoms with Crippen molar-refractivity contribution in [3.8, 4) is 0 Å². The molecule has 36 heavy (non-hydrogen) atoms. The second kappa shape index (κ2) is 9.53. The molecule has 0 amide bonds. The molecular weight excluding hydrogens is 469 g/mol. The molecule has 6 nitrogen and oxygen atoms in total. The standard InChI is InChI=1S/C27H37F3N4O2/c1-4-36-25(35)26(3)13-6-14-33(16-26)24-23-17(2)7-5-8-20(23)31-22-15-21(32-34(22)24)18-9-11-19(12-10-18)27(28,29)30/h15,17-19H,4-14,16H2,1-3H3/t17-,18?,19?,26+/m0/s1. The van der Waals surface area contributed by atoms with Crippen LogP contribution in [0.25, 0.3) is 5.65 Å². The average molecular weight is 507 g/mol. The van der Waals surface area contributed by atoms with Crippen LogP contribution in [0.15, 0.2) is 6.07 Å². The molecule has 0 unspecified atom stereocenters. The number of nitrogens with zero attached hydrogens (tertiary/aromatic N) is 4. The van der Waals surface area contributed by atoms with Gasteiger partial charge in [-0.15, -0.1) is 0 Å². The largest absolute Gasteiger partial charge is 0.466 e. The molecule has 0 aromatic carbocycles. The molecule has 0 spiro atoms.